The minimum absolute atomic E-state index is 0.681. The second-order valence-corrected chi connectivity index (χ2v) is 5.42. The third-order valence-corrected chi connectivity index (χ3v) is 3.92. The maximum atomic E-state index is 4.83. The van der Waals surface area contributed by atoms with Crippen molar-refractivity contribution in [2.75, 3.05) is 18.0 Å². The Hall–Kier alpha value is -1.09. The molecule has 1 unspecified atom stereocenters. The van der Waals surface area contributed by atoms with E-state index in [1.165, 1.54) is 37.9 Å². The summed E-state index contributed by atoms with van der Waals surface area (Å²) in [6.45, 7) is 7.59. The molecule has 1 aliphatic rings. The number of rotatable bonds is 6. The molecule has 1 fully saturated rings. The van der Waals surface area contributed by atoms with Crippen LogP contribution in [0.15, 0.2) is 18.2 Å². The van der Waals surface area contributed by atoms with Crippen molar-refractivity contribution < 1.29 is 0 Å². The zero-order valence-electron chi connectivity index (χ0n) is 12.4. The zero-order chi connectivity index (χ0) is 13.5. The van der Waals surface area contributed by atoms with Crippen molar-refractivity contribution in [3.05, 3.63) is 23.9 Å². The molecule has 0 aliphatic carbocycles. The van der Waals surface area contributed by atoms with Crippen LogP contribution in [0.1, 0.15) is 51.6 Å². The van der Waals surface area contributed by atoms with E-state index in [2.05, 4.69) is 42.3 Å². The lowest BCUT2D eigenvalue weighted by Gasteiger charge is -2.36. The van der Waals surface area contributed by atoms with Gasteiger partial charge in [0.15, 0.2) is 0 Å². The summed E-state index contributed by atoms with van der Waals surface area (Å²) in [5.74, 6) is 1.17. The van der Waals surface area contributed by atoms with Crippen LogP contribution >= 0.6 is 0 Å². The van der Waals surface area contributed by atoms with Crippen LogP contribution in [0.5, 0.6) is 0 Å². The van der Waals surface area contributed by atoms with Gasteiger partial charge in [-0.2, -0.15) is 0 Å². The van der Waals surface area contributed by atoms with E-state index in [-0.39, 0.29) is 0 Å². The van der Waals surface area contributed by atoms with Gasteiger partial charge in [-0.05, 0) is 50.8 Å². The number of pyridine rings is 1. The highest BCUT2D eigenvalue weighted by Crippen LogP contribution is 2.24. The summed E-state index contributed by atoms with van der Waals surface area (Å²) in [5.41, 5.74) is 1.16. The van der Waals surface area contributed by atoms with E-state index < -0.39 is 0 Å². The molecule has 1 aliphatic heterocycles. The van der Waals surface area contributed by atoms with Gasteiger partial charge >= 0.3 is 0 Å². The van der Waals surface area contributed by atoms with Crippen LogP contribution in [0.25, 0.3) is 0 Å². The first-order valence-electron chi connectivity index (χ1n) is 7.78. The predicted molar refractivity (Wildman–Crippen MR) is 81.5 cm³/mol. The van der Waals surface area contributed by atoms with E-state index in [9.17, 15) is 0 Å². The van der Waals surface area contributed by atoms with Crippen molar-refractivity contribution in [1.29, 1.82) is 0 Å². The summed E-state index contributed by atoms with van der Waals surface area (Å²) in [5, 5.41) is 3.43. The summed E-state index contributed by atoms with van der Waals surface area (Å²) in [6, 6.07) is 7.11. The molecule has 3 heteroatoms. The Morgan fingerprint density at radius 2 is 2.21 bits per heavy atom. The molecule has 1 atom stereocenters. The number of hydrogen-bond donors (Lipinski definition) is 1. The average Bonchev–Trinajstić information content (AvgIpc) is 2.48. The molecule has 106 valence electrons. The van der Waals surface area contributed by atoms with Gasteiger partial charge in [-0.1, -0.05) is 19.9 Å². The Labute approximate surface area is 117 Å². The molecule has 1 aromatic heterocycles. The minimum atomic E-state index is 0.681. The van der Waals surface area contributed by atoms with E-state index >= 15 is 0 Å². The first-order valence-corrected chi connectivity index (χ1v) is 7.78. The third-order valence-electron chi connectivity index (χ3n) is 3.92. The quantitative estimate of drug-likeness (QED) is 0.796. The van der Waals surface area contributed by atoms with Crippen molar-refractivity contribution in [2.45, 2.75) is 58.5 Å². The molecule has 19 heavy (non-hydrogen) atoms. The Kier molecular flexibility index (Phi) is 5.64. The molecular formula is C16H27N3. The van der Waals surface area contributed by atoms with Gasteiger partial charge in [0.2, 0.25) is 0 Å². The van der Waals surface area contributed by atoms with Crippen molar-refractivity contribution in [2.24, 2.45) is 0 Å². The molecule has 3 nitrogen and oxygen atoms in total. The highest BCUT2D eigenvalue weighted by atomic mass is 15.2. The molecule has 0 bridgehead atoms. The van der Waals surface area contributed by atoms with Gasteiger partial charge in [0.25, 0.3) is 0 Å². The van der Waals surface area contributed by atoms with Gasteiger partial charge in [-0.25, -0.2) is 4.98 Å². The molecule has 0 saturated carbocycles. The molecule has 0 amide bonds. The monoisotopic (exact) mass is 261 g/mol. The van der Waals surface area contributed by atoms with E-state index in [0.717, 1.165) is 25.3 Å². The Morgan fingerprint density at radius 3 is 3.00 bits per heavy atom. The second-order valence-electron chi connectivity index (χ2n) is 5.42. The Balaban J connectivity index is 2.04. The summed E-state index contributed by atoms with van der Waals surface area (Å²) in [7, 11) is 0. The number of nitrogens with one attached hydrogen (secondary N) is 1. The fourth-order valence-electron chi connectivity index (χ4n) is 2.85. The lowest BCUT2D eigenvalue weighted by atomic mass is 10.00. The average molecular weight is 261 g/mol. The van der Waals surface area contributed by atoms with Gasteiger partial charge in [0, 0.05) is 19.1 Å². The summed E-state index contributed by atoms with van der Waals surface area (Å²) >= 11 is 0. The fraction of sp³-hybridized carbons (Fsp3) is 0.688. The minimum Gasteiger partial charge on any atom is -0.354 e. The fourth-order valence-corrected chi connectivity index (χ4v) is 2.85. The number of aromatic nitrogens is 1. The topological polar surface area (TPSA) is 28.2 Å². The molecular weight excluding hydrogens is 234 g/mol. The Bertz CT molecular complexity index is 378. The van der Waals surface area contributed by atoms with Crippen LogP contribution in [0.2, 0.25) is 0 Å². The first kappa shape index (κ1) is 14.3. The largest absolute Gasteiger partial charge is 0.354 e. The molecule has 2 rings (SSSR count). The predicted octanol–water partition coefficient (Wildman–Crippen LogP) is 3.35. The summed E-state index contributed by atoms with van der Waals surface area (Å²) in [4.78, 5) is 7.34. The van der Waals surface area contributed by atoms with Crippen molar-refractivity contribution >= 4 is 5.82 Å². The highest BCUT2D eigenvalue weighted by Gasteiger charge is 2.21. The normalized spacial score (nSPS) is 19.7. The lowest BCUT2D eigenvalue weighted by Crippen LogP contribution is -2.39. The zero-order valence-corrected chi connectivity index (χ0v) is 12.4. The van der Waals surface area contributed by atoms with Crippen molar-refractivity contribution in [1.82, 2.24) is 10.3 Å². The number of nitrogens with zero attached hydrogens (tertiary/aromatic N) is 2. The maximum absolute atomic E-state index is 4.83. The van der Waals surface area contributed by atoms with E-state index in [4.69, 9.17) is 4.98 Å². The van der Waals surface area contributed by atoms with Crippen molar-refractivity contribution in [3.63, 3.8) is 0 Å². The molecule has 0 aromatic carbocycles. The van der Waals surface area contributed by atoms with Gasteiger partial charge in [-0.3, -0.25) is 0 Å². The number of hydrogen-bond acceptors (Lipinski definition) is 3. The van der Waals surface area contributed by atoms with Gasteiger partial charge < -0.3 is 10.2 Å². The molecule has 2 heterocycles. The summed E-state index contributed by atoms with van der Waals surface area (Å²) in [6.07, 6.45) is 6.38. The second kappa shape index (κ2) is 7.49. The number of anilines is 1. The standard InChI is InChI=1S/C16H27N3/c1-3-11-17-13-14-8-7-10-16(18-14)19-12-6-5-9-15(19)4-2/h7-8,10,15,17H,3-6,9,11-13H2,1-2H3. The lowest BCUT2D eigenvalue weighted by molar-refractivity contribution is 0.446. The number of piperidine rings is 1. The molecule has 1 saturated heterocycles. The first-order chi connectivity index (χ1) is 9.35. The molecule has 0 spiro atoms. The van der Waals surface area contributed by atoms with Crippen LogP contribution in [-0.2, 0) is 6.54 Å². The highest BCUT2D eigenvalue weighted by molar-refractivity contribution is 5.41. The van der Waals surface area contributed by atoms with Gasteiger partial charge in [0.1, 0.15) is 5.82 Å². The smallest absolute Gasteiger partial charge is 0.129 e. The van der Waals surface area contributed by atoms with Crippen LogP contribution in [0.4, 0.5) is 5.82 Å². The van der Waals surface area contributed by atoms with Crippen LogP contribution in [0.3, 0.4) is 0 Å². The van der Waals surface area contributed by atoms with E-state index in [1.54, 1.807) is 0 Å². The van der Waals surface area contributed by atoms with Crippen LogP contribution < -0.4 is 10.2 Å². The molecule has 1 N–H and O–H groups in total. The summed E-state index contributed by atoms with van der Waals surface area (Å²) < 4.78 is 0. The van der Waals surface area contributed by atoms with Gasteiger partial charge in [0.05, 0.1) is 5.69 Å². The van der Waals surface area contributed by atoms with E-state index in [0.29, 0.717) is 6.04 Å². The van der Waals surface area contributed by atoms with E-state index in [1.807, 2.05) is 0 Å². The van der Waals surface area contributed by atoms with Gasteiger partial charge in [-0.15, -0.1) is 0 Å². The van der Waals surface area contributed by atoms with Crippen LogP contribution in [0, 0.1) is 0 Å². The molecule has 1 aromatic rings. The van der Waals surface area contributed by atoms with Crippen molar-refractivity contribution in [3.8, 4) is 0 Å². The third kappa shape index (κ3) is 3.93. The Morgan fingerprint density at radius 1 is 1.32 bits per heavy atom. The SMILES string of the molecule is CCCNCc1cccc(N2CCCCC2CC)n1. The van der Waals surface area contributed by atoms with Crippen LogP contribution in [-0.4, -0.2) is 24.1 Å². The molecule has 0 radical (unpaired) electrons. The maximum Gasteiger partial charge on any atom is 0.129 e.